The van der Waals surface area contributed by atoms with Crippen LogP contribution in [0.1, 0.15) is 111 Å². The Labute approximate surface area is 199 Å². The van der Waals surface area contributed by atoms with Crippen LogP contribution in [0.4, 0.5) is 0 Å². The summed E-state index contributed by atoms with van der Waals surface area (Å²) in [6, 6.07) is 0. The van der Waals surface area contributed by atoms with Crippen LogP contribution in [0.2, 0.25) is 0 Å². The second-order valence-corrected chi connectivity index (χ2v) is 13.5. The van der Waals surface area contributed by atoms with Crippen molar-refractivity contribution < 1.29 is 1.43 Å². The Morgan fingerprint density at radius 3 is 2.66 bits per heavy atom. The van der Waals surface area contributed by atoms with Crippen LogP contribution < -0.4 is 0 Å². The van der Waals surface area contributed by atoms with Gasteiger partial charge in [0.2, 0.25) is 0 Å². The van der Waals surface area contributed by atoms with Crippen LogP contribution in [-0.4, -0.2) is 9.97 Å². The summed E-state index contributed by atoms with van der Waals surface area (Å²) in [7, 11) is 0. The molecule has 8 atom stereocenters. The van der Waals surface area contributed by atoms with Crippen LogP contribution in [0.5, 0.6) is 0 Å². The minimum absolute atomic E-state index is 0. The molecule has 0 saturated heterocycles. The van der Waals surface area contributed by atoms with Gasteiger partial charge in [-0.2, -0.15) is 0 Å². The van der Waals surface area contributed by atoms with Gasteiger partial charge in [0.1, 0.15) is 5.82 Å². The average Bonchev–Trinajstić information content (AvgIpc) is 3.07. The van der Waals surface area contributed by atoms with Crippen LogP contribution in [0.15, 0.2) is 6.20 Å². The molecule has 1 aromatic rings. The van der Waals surface area contributed by atoms with Gasteiger partial charge >= 0.3 is 0 Å². The molecule has 0 spiro atoms. The highest BCUT2D eigenvalue weighted by Crippen LogP contribution is 2.68. The molecule has 1 aromatic heterocycles. The maximum absolute atomic E-state index is 4.87. The molecule has 0 bridgehead atoms. The van der Waals surface area contributed by atoms with Crippen LogP contribution in [-0.2, 0) is 12.8 Å². The van der Waals surface area contributed by atoms with E-state index in [1.54, 1.807) is 0 Å². The van der Waals surface area contributed by atoms with Gasteiger partial charge in [-0.1, -0.05) is 53.9 Å². The fraction of sp³-hybridized carbons (Fsp3) is 0.867. The molecule has 32 heavy (non-hydrogen) atoms. The van der Waals surface area contributed by atoms with Gasteiger partial charge < -0.3 is 0 Å². The van der Waals surface area contributed by atoms with Gasteiger partial charge in [0, 0.05) is 13.3 Å². The van der Waals surface area contributed by atoms with Crippen LogP contribution in [0, 0.1) is 59.2 Å². The Balaban J connectivity index is 0.00000259. The smallest absolute Gasteiger partial charge is 0.125 e. The van der Waals surface area contributed by atoms with Gasteiger partial charge in [-0.15, -0.1) is 0 Å². The van der Waals surface area contributed by atoms with E-state index >= 15 is 0 Å². The topological polar surface area (TPSA) is 25.8 Å². The standard InChI is InChI=1S/C30H48N2.H2/c1-19(2)9-7-8-10-23-11-12-25-28-20(3)15-24-16-27-22(18-31-21(4)32-27)17-30(24,6)26(28)13-14-29(23,25)5;/h18-20,23-26,28H,7-17H2,1-6H3;1H. The second-order valence-electron chi connectivity index (χ2n) is 13.5. The summed E-state index contributed by atoms with van der Waals surface area (Å²) >= 11 is 0. The highest BCUT2D eigenvalue weighted by atomic mass is 14.9. The lowest BCUT2D eigenvalue weighted by molar-refractivity contribution is -0.124. The molecule has 2 heteroatoms. The van der Waals surface area contributed by atoms with Crippen molar-refractivity contribution in [3.63, 3.8) is 0 Å². The van der Waals surface area contributed by atoms with E-state index in [0.717, 1.165) is 47.2 Å². The number of fused-ring (bicyclic) bond motifs is 6. The summed E-state index contributed by atoms with van der Waals surface area (Å²) in [5.74, 6) is 7.33. The summed E-state index contributed by atoms with van der Waals surface area (Å²) in [6.45, 7) is 14.8. The zero-order valence-corrected chi connectivity index (χ0v) is 21.8. The predicted molar refractivity (Wildman–Crippen MR) is 136 cm³/mol. The van der Waals surface area contributed by atoms with E-state index in [9.17, 15) is 0 Å². The average molecular weight is 439 g/mol. The van der Waals surface area contributed by atoms with E-state index in [1.807, 2.05) is 0 Å². The highest BCUT2D eigenvalue weighted by molar-refractivity contribution is 5.26. The van der Waals surface area contributed by atoms with E-state index in [1.165, 1.54) is 81.9 Å². The van der Waals surface area contributed by atoms with Crippen molar-refractivity contribution in [3.8, 4) is 0 Å². The van der Waals surface area contributed by atoms with Crippen LogP contribution >= 0.6 is 0 Å². The maximum Gasteiger partial charge on any atom is 0.125 e. The van der Waals surface area contributed by atoms with E-state index in [2.05, 4.69) is 52.7 Å². The Bertz CT molecular complexity index is 837. The first kappa shape index (κ1) is 22.9. The SMILES string of the molecule is Cc1ncc2c(n1)CC1CC(C)C3C4CCC(CCCCC(C)C)C4(C)CCC3C1(C)C2.[HH]. The molecule has 0 aliphatic heterocycles. The van der Waals surface area contributed by atoms with E-state index in [4.69, 9.17) is 4.98 Å². The Hall–Kier alpha value is -0.920. The minimum Gasteiger partial charge on any atom is -0.241 e. The molecule has 3 saturated carbocycles. The van der Waals surface area contributed by atoms with Gasteiger partial charge in [-0.05, 0) is 116 Å². The summed E-state index contributed by atoms with van der Waals surface area (Å²) in [4.78, 5) is 9.46. The number of rotatable bonds is 5. The molecule has 2 nitrogen and oxygen atoms in total. The zero-order chi connectivity index (χ0) is 22.7. The van der Waals surface area contributed by atoms with Gasteiger partial charge in [0.05, 0.1) is 0 Å². The Morgan fingerprint density at radius 1 is 1.09 bits per heavy atom. The van der Waals surface area contributed by atoms with Crippen molar-refractivity contribution in [2.45, 2.75) is 112 Å². The van der Waals surface area contributed by atoms with E-state index < -0.39 is 0 Å². The molecule has 1 heterocycles. The van der Waals surface area contributed by atoms with Gasteiger partial charge in [-0.3, -0.25) is 0 Å². The summed E-state index contributed by atoms with van der Waals surface area (Å²) < 4.78 is 0. The Morgan fingerprint density at radius 2 is 1.88 bits per heavy atom. The van der Waals surface area contributed by atoms with Gasteiger partial charge in [0.25, 0.3) is 0 Å². The largest absolute Gasteiger partial charge is 0.241 e. The predicted octanol–water partition coefficient (Wildman–Crippen LogP) is 8.07. The first-order chi connectivity index (χ1) is 15.2. The monoisotopic (exact) mass is 438 g/mol. The molecule has 3 fully saturated rings. The minimum atomic E-state index is 0. The molecule has 0 amide bonds. The van der Waals surface area contributed by atoms with Crippen molar-refractivity contribution >= 4 is 0 Å². The van der Waals surface area contributed by atoms with Gasteiger partial charge in [-0.25, -0.2) is 9.97 Å². The van der Waals surface area contributed by atoms with E-state index in [0.29, 0.717) is 10.8 Å². The summed E-state index contributed by atoms with van der Waals surface area (Å²) in [5.41, 5.74) is 3.90. The normalized spacial score (nSPS) is 42.8. The molecular formula is C30H50N2. The number of aryl methyl sites for hydroxylation is 1. The first-order valence-electron chi connectivity index (χ1n) is 14.0. The molecule has 0 N–H and O–H groups in total. The number of nitrogens with zero attached hydrogens (tertiary/aromatic N) is 2. The number of hydrogen-bond acceptors (Lipinski definition) is 2. The lowest BCUT2D eigenvalue weighted by atomic mass is 9.42. The number of unbranched alkanes of at least 4 members (excludes halogenated alkanes) is 1. The molecule has 0 radical (unpaired) electrons. The first-order valence-corrected chi connectivity index (χ1v) is 14.0. The molecule has 180 valence electrons. The molecule has 0 aromatic carbocycles. The van der Waals surface area contributed by atoms with Crippen molar-refractivity contribution in [2.75, 3.05) is 0 Å². The molecule has 8 unspecified atom stereocenters. The van der Waals surface area contributed by atoms with Gasteiger partial charge in [0.15, 0.2) is 0 Å². The van der Waals surface area contributed by atoms with Crippen molar-refractivity contribution in [1.29, 1.82) is 0 Å². The van der Waals surface area contributed by atoms with Crippen molar-refractivity contribution in [3.05, 3.63) is 23.3 Å². The zero-order valence-electron chi connectivity index (χ0n) is 21.8. The third kappa shape index (κ3) is 3.67. The quantitative estimate of drug-likeness (QED) is 0.434. The summed E-state index contributed by atoms with van der Waals surface area (Å²) in [6.07, 6.45) is 17.8. The third-order valence-corrected chi connectivity index (χ3v) is 11.3. The number of hydrogen-bond donors (Lipinski definition) is 0. The van der Waals surface area contributed by atoms with Crippen LogP contribution in [0.3, 0.4) is 0 Å². The van der Waals surface area contributed by atoms with Crippen molar-refractivity contribution in [2.24, 2.45) is 52.3 Å². The van der Waals surface area contributed by atoms with E-state index in [-0.39, 0.29) is 1.43 Å². The molecule has 4 aliphatic rings. The van der Waals surface area contributed by atoms with Crippen molar-refractivity contribution in [1.82, 2.24) is 9.97 Å². The second kappa shape index (κ2) is 8.38. The highest BCUT2D eigenvalue weighted by Gasteiger charge is 2.61. The fourth-order valence-corrected chi connectivity index (χ4v) is 9.56. The summed E-state index contributed by atoms with van der Waals surface area (Å²) in [5, 5.41) is 0. The molecule has 4 aliphatic carbocycles. The van der Waals surface area contributed by atoms with Crippen LogP contribution in [0.25, 0.3) is 0 Å². The fourth-order valence-electron chi connectivity index (χ4n) is 9.56. The lowest BCUT2D eigenvalue weighted by Crippen LogP contribution is -2.56. The molecular weight excluding hydrogens is 388 g/mol. The lowest BCUT2D eigenvalue weighted by Gasteiger charge is -2.62. The Kier molecular flexibility index (Phi) is 5.99. The maximum atomic E-state index is 4.87. The third-order valence-electron chi connectivity index (χ3n) is 11.3. The number of aromatic nitrogens is 2. The molecule has 5 rings (SSSR count).